The van der Waals surface area contributed by atoms with Gasteiger partial charge in [-0.25, -0.2) is 0 Å². The second-order valence-corrected chi connectivity index (χ2v) is 7.82. The first-order valence-electron chi connectivity index (χ1n) is 10.5. The summed E-state index contributed by atoms with van der Waals surface area (Å²) in [5.74, 6) is 0.312. The summed E-state index contributed by atoms with van der Waals surface area (Å²) in [5, 5.41) is 0. The van der Waals surface area contributed by atoms with Crippen LogP contribution in [0.15, 0.2) is 29.8 Å². The van der Waals surface area contributed by atoms with E-state index in [9.17, 15) is 4.79 Å². The second-order valence-electron chi connectivity index (χ2n) is 7.82. The summed E-state index contributed by atoms with van der Waals surface area (Å²) < 4.78 is 0. The highest BCUT2D eigenvalue weighted by molar-refractivity contribution is 5.76. The van der Waals surface area contributed by atoms with Crippen molar-refractivity contribution >= 4 is 12.0 Å². The Kier molecular flexibility index (Phi) is 6.90. The zero-order valence-electron chi connectivity index (χ0n) is 16.5. The van der Waals surface area contributed by atoms with Gasteiger partial charge in [-0.3, -0.25) is 9.69 Å². The Hall–Kier alpha value is -1.61. The SMILES string of the molecule is CCC(CC)N1CCC(=Cc2ccc(CN3CCCCC3=O)cc2)CC1. The molecule has 2 heterocycles. The van der Waals surface area contributed by atoms with Gasteiger partial charge in [-0.05, 0) is 49.7 Å². The van der Waals surface area contributed by atoms with E-state index < -0.39 is 0 Å². The van der Waals surface area contributed by atoms with Gasteiger partial charge in [0.05, 0.1) is 0 Å². The zero-order chi connectivity index (χ0) is 18.4. The van der Waals surface area contributed by atoms with Crippen LogP contribution in [-0.4, -0.2) is 41.4 Å². The molecular weight excluding hydrogens is 320 g/mol. The predicted molar refractivity (Wildman–Crippen MR) is 109 cm³/mol. The number of carbonyl (C=O) groups is 1. The lowest BCUT2D eigenvalue weighted by atomic mass is 9.98. The average molecular weight is 355 g/mol. The van der Waals surface area contributed by atoms with Gasteiger partial charge in [-0.15, -0.1) is 0 Å². The molecule has 0 radical (unpaired) electrons. The molecular formula is C23H34N2O. The van der Waals surface area contributed by atoms with Crippen molar-refractivity contribution in [2.24, 2.45) is 0 Å². The molecule has 2 aliphatic rings. The maximum absolute atomic E-state index is 12.0. The normalized spacial score (nSPS) is 19.3. The zero-order valence-corrected chi connectivity index (χ0v) is 16.5. The molecule has 0 spiro atoms. The smallest absolute Gasteiger partial charge is 0.222 e. The number of amides is 1. The Labute approximate surface area is 159 Å². The van der Waals surface area contributed by atoms with E-state index in [1.165, 1.54) is 49.9 Å². The molecule has 0 N–H and O–H groups in total. The average Bonchev–Trinajstić information content (AvgIpc) is 2.67. The third-order valence-corrected chi connectivity index (χ3v) is 6.04. The van der Waals surface area contributed by atoms with E-state index in [1.807, 2.05) is 4.90 Å². The largest absolute Gasteiger partial charge is 0.338 e. The molecule has 1 amide bonds. The fourth-order valence-corrected chi connectivity index (χ4v) is 4.33. The molecule has 3 nitrogen and oxygen atoms in total. The molecule has 0 atom stereocenters. The first-order chi connectivity index (χ1) is 12.7. The van der Waals surface area contributed by atoms with E-state index in [0.29, 0.717) is 5.91 Å². The van der Waals surface area contributed by atoms with Crippen LogP contribution in [0.1, 0.15) is 69.9 Å². The van der Waals surface area contributed by atoms with Crippen LogP contribution in [0.2, 0.25) is 0 Å². The number of hydrogen-bond acceptors (Lipinski definition) is 2. The first-order valence-corrected chi connectivity index (χ1v) is 10.5. The van der Waals surface area contributed by atoms with Crippen LogP contribution in [0.4, 0.5) is 0 Å². The Morgan fingerprint density at radius 2 is 1.65 bits per heavy atom. The Bertz CT molecular complexity index is 606. The second kappa shape index (κ2) is 9.36. The standard InChI is InChI=1S/C23H34N2O/c1-3-22(4-2)24-15-12-20(13-16-24)17-19-8-10-21(11-9-19)18-25-14-6-5-7-23(25)26/h8-11,17,22H,3-7,12-16,18H2,1-2H3. The van der Waals surface area contributed by atoms with Gasteiger partial charge in [-0.1, -0.05) is 49.8 Å². The van der Waals surface area contributed by atoms with Crippen molar-refractivity contribution in [1.29, 1.82) is 0 Å². The Balaban J connectivity index is 1.54. The van der Waals surface area contributed by atoms with Crippen LogP contribution in [0.3, 0.4) is 0 Å². The molecule has 3 heteroatoms. The molecule has 1 aromatic carbocycles. The maximum atomic E-state index is 12.0. The van der Waals surface area contributed by atoms with Crippen molar-refractivity contribution in [2.75, 3.05) is 19.6 Å². The van der Waals surface area contributed by atoms with Crippen molar-refractivity contribution < 1.29 is 4.79 Å². The van der Waals surface area contributed by atoms with E-state index in [2.05, 4.69) is 49.1 Å². The predicted octanol–water partition coefficient (Wildman–Crippen LogP) is 4.87. The van der Waals surface area contributed by atoms with Gasteiger partial charge < -0.3 is 4.90 Å². The Morgan fingerprint density at radius 3 is 2.27 bits per heavy atom. The van der Waals surface area contributed by atoms with Crippen LogP contribution in [0.5, 0.6) is 0 Å². The number of nitrogens with zero attached hydrogens (tertiary/aromatic N) is 2. The summed E-state index contributed by atoms with van der Waals surface area (Å²) in [6.07, 6.45) is 10.2. The molecule has 2 saturated heterocycles. The van der Waals surface area contributed by atoms with Gasteiger partial charge >= 0.3 is 0 Å². The summed E-state index contributed by atoms with van der Waals surface area (Å²) >= 11 is 0. The van der Waals surface area contributed by atoms with Gasteiger partial charge in [0.15, 0.2) is 0 Å². The molecule has 26 heavy (non-hydrogen) atoms. The molecule has 0 aromatic heterocycles. The lowest BCUT2D eigenvalue weighted by Crippen LogP contribution is -2.39. The molecule has 3 rings (SSSR count). The molecule has 2 aliphatic heterocycles. The highest BCUT2D eigenvalue weighted by Gasteiger charge is 2.20. The molecule has 2 fully saturated rings. The van der Waals surface area contributed by atoms with Gasteiger partial charge in [0.25, 0.3) is 0 Å². The van der Waals surface area contributed by atoms with E-state index in [-0.39, 0.29) is 0 Å². The number of piperidine rings is 2. The van der Waals surface area contributed by atoms with Gasteiger partial charge in [-0.2, -0.15) is 0 Å². The summed E-state index contributed by atoms with van der Waals surface area (Å²) in [7, 11) is 0. The van der Waals surface area contributed by atoms with E-state index in [4.69, 9.17) is 0 Å². The van der Waals surface area contributed by atoms with Crippen LogP contribution in [0, 0.1) is 0 Å². The Morgan fingerprint density at radius 1 is 0.962 bits per heavy atom. The van der Waals surface area contributed by atoms with Gasteiger partial charge in [0, 0.05) is 38.6 Å². The number of carbonyl (C=O) groups excluding carboxylic acids is 1. The summed E-state index contributed by atoms with van der Waals surface area (Å²) in [6, 6.07) is 9.56. The molecule has 1 aromatic rings. The minimum absolute atomic E-state index is 0.312. The molecule has 142 valence electrons. The summed E-state index contributed by atoms with van der Waals surface area (Å²) in [5.41, 5.74) is 4.11. The fourth-order valence-electron chi connectivity index (χ4n) is 4.33. The van der Waals surface area contributed by atoms with Crippen LogP contribution < -0.4 is 0 Å². The van der Waals surface area contributed by atoms with Crippen molar-refractivity contribution in [3.63, 3.8) is 0 Å². The topological polar surface area (TPSA) is 23.6 Å². The number of hydrogen-bond donors (Lipinski definition) is 0. The molecule has 0 unspecified atom stereocenters. The van der Waals surface area contributed by atoms with Gasteiger partial charge in [0.1, 0.15) is 0 Å². The first kappa shape index (κ1) is 19.2. The monoisotopic (exact) mass is 354 g/mol. The third-order valence-electron chi connectivity index (χ3n) is 6.04. The van der Waals surface area contributed by atoms with Crippen LogP contribution in [0.25, 0.3) is 6.08 Å². The lowest BCUT2D eigenvalue weighted by molar-refractivity contribution is -0.133. The highest BCUT2D eigenvalue weighted by atomic mass is 16.2. The van der Waals surface area contributed by atoms with Crippen molar-refractivity contribution in [2.45, 2.75) is 71.4 Å². The van der Waals surface area contributed by atoms with E-state index in [1.54, 1.807) is 5.57 Å². The van der Waals surface area contributed by atoms with Gasteiger partial charge in [0.2, 0.25) is 5.91 Å². The molecule has 0 saturated carbocycles. The van der Waals surface area contributed by atoms with Crippen molar-refractivity contribution in [3.8, 4) is 0 Å². The number of benzene rings is 1. The maximum Gasteiger partial charge on any atom is 0.222 e. The fraction of sp³-hybridized carbons (Fsp3) is 0.609. The number of rotatable bonds is 6. The van der Waals surface area contributed by atoms with Crippen molar-refractivity contribution in [1.82, 2.24) is 9.80 Å². The van der Waals surface area contributed by atoms with E-state index >= 15 is 0 Å². The minimum atomic E-state index is 0.312. The van der Waals surface area contributed by atoms with E-state index in [0.717, 1.165) is 38.4 Å². The lowest BCUT2D eigenvalue weighted by Gasteiger charge is -2.34. The molecule has 0 aliphatic carbocycles. The summed E-state index contributed by atoms with van der Waals surface area (Å²) in [4.78, 5) is 16.6. The quantitative estimate of drug-likeness (QED) is 0.728. The third kappa shape index (κ3) is 4.97. The van der Waals surface area contributed by atoms with Crippen molar-refractivity contribution in [3.05, 3.63) is 41.0 Å². The van der Waals surface area contributed by atoms with Crippen LogP contribution in [-0.2, 0) is 11.3 Å². The minimum Gasteiger partial charge on any atom is -0.338 e. The molecule has 0 bridgehead atoms. The number of likely N-dealkylation sites (tertiary alicyclic amines) is 2. The summed E-state index contributed by atoms with van der Waals surface area (Å²) in [6.45, 7) is 8.69. The van der Waals surface area contributed by atoms with Crippen LogP contribution >= 0.6 is 0 Å². The highest BCUT2D eigenvalue weighted by Crippen LogP contribution is 2.23.